The Kier molecular flexibility index (Phi) is 10.9. The van der Waals surface area contributed by atoms with Crippen molar-refractivity contribution in [3.8, 4) is 5.75 Å². The van der Waals surface area contributed by atoms with Crippen molar-refractivity contribution >= 4 is 11.9 Å². The Balaban J connectivity index is 0.000000447. The van der Waals surface area contributed by atoms with Crippen LogP contribution in [0.25, 0.3) is 0 Å². The topological polar surface area (TPSA) is 99.1 Å². The van der Waals surface area contributed by atoms with Crippen molar-refractivity contribution in [2.45, 2.75) is 39.3 Å². The van der Waals surface area contributed by atoms with Crippen molar-refractivity contribution in [3.05, 3.63) is 41.7 Å². The number of nitrogens with one attached hydrogen (secondary N) is 1. The molecule has 0 amide bonds. The Labute approximate surface area is 171 Å². The summed E-state index contributed by atoms with van der Waals surface area (Å²) in [5.41, 5.74) is 0.941. The molecule has 0 aromatic heterocycles. The summed E-state index contributed by atoms with van der Waals surface area (Å²) in [6.45, 7) is 8.39. The fourth-order valence-electron chi connectivity index (χ4n) is 3.22. The largest absolute Gasteiger partial charge is 0.496 e. The maximum Gasteiger partial charge on any atom is 0.328 e. The first kappa shape index (κ1) is 24.6. The molecule has 1 fully saturated rings. The number of carboxylic acids is 2. The molecule has 0 aliphatic carbocycles. The van der Waals surface area contributed by atoms with E-state index in [0.717, 1.165) is 50.3 Å². The molecule has 1 aliphatic heterocycles. The van der Waals surface area contributed by atoms with E-state index < -0.39 is 11.9 Å². The van der Waals surface area contributed by atoms with Crippen LogP contribution in [0.1, 0.15) is 32.3 Å². The van der Waals surface area contributed by atoms with Gasteiger partial charge in [-0.3, -0.25) is 4.90 Å². The lowest BCUT2D eigenvalue weighted by Crippen LogP contribution is -2.44. The molecule has 1 heterocycles. The average Bonchev–Trinajstić information content (AvgIpc) is 2.67. The molecule has 0 bridgehead atoms. The van der Waals surface area contributed by atoms with Gasteiger partial charge in [0.15, 0.2) is 0 Å². The van der Waals surface area contributed by atoms with Crippen LogP contribution in [0, 0.1) is 11.7 Å². The van der Waals surface area contributed by atoms with Gasteiger partial charge in [-0.05, 0) is 50.0 Å². The number of ether oxygens (including phenoxy) is 1. The van der Waals surface area contributed by atoms with Crippen LogP contribution in [-0.2, 0) is 16.1 Å². The number of hydrogen-bond donors (Lipinski definition) is 3. The van der Waals surface area contributed by atoms with Gasteiger partial charge in [-0.15, -0.1) is 0 Å². The zero-order valence-electron chi connectivity index (χ0n) is 17.2. The summed E-state index contributed by atoms with van der Waals surface area (Å²) in [5, 5.41) is 19.0. The van der Waals surface area contributed by atoms with Crippen LogP contribution >= 0.6 is 0 Å². The molecule has 0 atom stereocenters. The molecule has 3 N–H and O–H groups in total. The first-order valence-electron chi connectivity index (χ1n) is 9.64. The number of aliphatic carboxylic acids is 2. The van der Waals surface area contributed by atoms with E-state index >= 15 is 0 Å². The van der Waals surface area contributed by atoms with E-state index in [2.05, 4.69) is 24.1 Å². The summed E-state index contributed by atoms with van der Waals surface area (Å²) in [6.07, 6.45) is 3.43. The predicted octanol–water partition coefficient (Wildman–Crippen LogP) is 2.76. The van der Waals surface area contributed by atoms with Crippen molar-refractivity contribution in [1.29, 1.82) is 0 Å². The van der Waals surface area contributed by atoms with Gasteiger partial charge in [0.2, 0.25) is 0 Å². The summed E-state index contributed by atoms with van der Waals surface area (Å²) in [6, 6.07) is 5.36. The Morgan fingerprint density at radius 2 is 1.83 bits per heavy atom. The van der Waals surface area contributed by atoms with E-state index in [1.54, 1.807) is 19.2 Å². The number of carboxylic acid groups (broad SMARTS) is 2. The number of nitrogens with zero attached hydrogens (tertiary/aromatic N) is 1. The SMILES string of the molecule is COc1ccc(F)cc1CN(CC(C)C)C1CCNCC1.O=C(O)/C=C/C(=O)O. The van der Waals surface area contributed by atoms with Gasteiger partial charge in [-0.1, -0.05) is 13.8 Å². The summed E-state index contributed by atoms with van der Waals surface area (Å²) in [5.74, 6) is -1.33. The Hall–Kier alpha value is -2.45. The lowest BCUT2D eigenvalue weighted by Gasteiger charge is -2.36. The second kappa shape index (κ2) is 12.9. The van der Waals surface area contributed by atoms with Gasteiger partial charge >= 0.3 is 11.9 Å². The molecule has 1 aromatic carbocycles. The third-order valence-electron chi connectivity index (χ3n) is 4.41. The molecule has 162 valence electrons. The fourth-order valence-corrected chi connectivity index (χ4v) is 3.22. The van der Waals surface area contributed by atoms with Crippen LogP contribution < -0.4 is 10.1 Å². The molecule has 1 aliphatic rings. The third-order valence-corrected chi connectivity index (χ3v) is 4.41. The molecule has 1 aromatic rings. The maximum atomic E-state index is 13.6. The standard InChI is InChI=1S/C17H27FN2O.C4H4O4/c1-13(2)11-20(16-6-8-19-9-7-16)12-14-10-15(18)4-5-17(14)21-3;5-3(6)1-2-4(7)8/h4-5,10,13,16,19H,6-9,11-12H2,1-3H3;1-2H,(H,5,6)(H,7,8)/b;2-1+. The van der Waals surface area contributed by atoms with Crippen molar-refractivity contribution in [2.75, 3.05) is 26.7 Å². The van der Waals surface area contributed by atoms with Crippen molar-refractivity contribution in [3.63, 3.8) is 0 Å². The van der Waals surface area contributed by atoms with Crippen molar-refractivity contribution < 1.29 is 28.9 Å². The molecule has 29 heavy (non-hydrogen) atoms. The molecule has 0 radical (unpaired) electrons. The van der Waals surface area contributed by atoms with E-state index in [-0.39, 0.29) is 5.82 Å². The molecule has 0 unspecified atom stereocenters. The van der Waals surface area contributed by atoms with Gasteiger partial charge in [0.05, 0.1) is 7.11 Å². The predicted molar refractivity (Wildman–Crippen MR) is 109 cm³/mol. The Morgan fingerprint density at radius 3 is 2.31 bits per heavy atom. The molecule has 8 heteroatoms. The van der Waals surface area contributed by atoms with Crippen LogP contribution in [0.3, 0.4) is 0 Å². The minimum absolute atomic E-state index is 0.194. The van der Waals surface area contributed by atoms with Crippen LogP contribution in [0.15, 0.2) is 30.4 Å². The average molecular weight is 410 g/mol. The molecular weight excluding hydrogens is 379 g/mol. The number of hydrogen-bond acceptors (Lipinski definition) is 5. The molecular formula is C21H31FN2O5. The van der Waals surface area contributed by atoms with Gasteiger partial charge < -0.3 is 20.3 Å². The van der Waals surface area contributed by atoms with Gasteiger partial charge in [0.25, 0.3) is 0 Å². The second-order valence-electron chi connectivity index (χ2n) is 7.27. The summed E-state index contributed by atoms with van der Waals surface area (Å²) < 4.78 is 18.9. The highest BCUT2D eigenvalue weighted by atomic mass is 19.1. The number of methoxy groups -OCH3 is 1. The van der Waals surface area contributed by atoms with Crippen LogP contribution in [0.4, 0.5) is 4.39 Å². The highest BCUT2D eigenvalue weighted by Crippen LogP contribution is 2.24. The van der Waals surface area contributed by atoms with Crippen molar-refractivity contribution in [2.24, 2.45) is 5.92 Å². The quantitative estimate of drug-likeness (QED) is 0.567. The Bertz CT molecular complexity index is 672. The highest BCUT2D eigenvalue weighted by Gasteiger charge is 2.23. The normalized spacial score (nSPS) is 14.7. The maximum absolute atomic E-state index is 13.6. The van der Waals surface area contributed by atoms with Gasteiger partial charge in [0.1, 0.15) is 11.6 Å². The lowest BCUT2D eigenvalue weighted by atomic mass is 10.0. The first-order valence-corrected chi connectivity index (χ1v) is 9.64. The monoisotopic (exact) mass is 410 g/mol. The van der Waals surface area contributed by atoms with E-state index in [1.807, 2.05) is 0 Å². The minimum atomic E-state index is -1.26. The number of rotatable bonds is 8. The van der Waals surface area contributed by atoms with Gasteiger partial charge in [0, 0.05) is 36.8 Å². The number of halogens is 1. The molecule has 7 nitrogen and oxygen atoms in total. The molecule has 0 spiro atoms. The smallest absolute Gasteiger partial charge is 0.328 e. The molecule has 0 saturated carbocycles. The second-order valence-corrected chi connectivity index (χ2v) is 7.27. The number of piperidine rings is 1. The summed E-state index contributed by atoms with van der Waals surface area (Å²) in [7, 11) is 1.65. The van der Waals surface area contributed by atoms with Crippen LogP contribution in [0.5, 0.6) is 5.75 Å². The zero-order chi connectivity index (χ0) is 21.8. The van der Waals surface area contributed by atoms with E-state index in [4.69, 9.17) is 14.9 Å². The van der Waals surface area contributed by atoms with Gasteiger partial charge in [-0.25, -0.2) is 14.0 Å². The molecule has 1 saturated heterocycles. The number of carbonyl (C=O) groups is 2. The fraction of sp³-hybridized carbons (Fsp3) is 0.524. The van der Waals surface area contributed by atoms with Crippen molar-refractivity contribution in [1.82, 2.24) is 10.2 Å². The minimum Gasteiger partial charge on any atom is -0.496 e. The van der Waals surface area contributed by atoms with E-state index in [0.29, 0.717) is 24.1 Å². The zero-order valence-corrected chi connectivity index (χ0v) is 17.2. The summed E-state index contributed by atoms with van der Waals surface area (Å²) >= 11 is 0. The third kappa shape index (κ3) is 10.0. The lowest BCUT2D eigenvalue weighted by molar-refractivity contribution is -0.134. The highest BCUT2D eigenvalue weighted by molar-refractivity contribution is 5.89. The first-order chi connectivity index (χ1) is 13.7. The molecule has 2 rings (SSSR count). The van der Waals surface area contributed by atoms with Crippen LogP contribution in [0.2, 0.25) is 0 Å². The van der Waals surface area contributed by atoms with Crippen LogP contribution in [-0.4, -0.2) is 59.8 Å². The Morgan fingerprint density at radius 1 is 1.24 bits per heavy atom. The van der Waals surface area contributed by atoms with E-state index in [1.165, 1.54) is 6.07 Å². The van der Waals surface area contributed by atoms with Gasteiger partial charge in [-0.2, -0.15) is 0 Å². The summed E-state index contributed by atoms with van der Waals surface area (Å²) in [4.78, 5) is 21.6. The van der Waals surface area contributed by atoms with E-state index in [9.17, 15) is 14.0 Å². The number of benzene rings is 1.